The molecule has 0 saturated heterocycles. The zero-order valence-electron chi connectivity index (χ0n) is 10.3. The Kier molecular flexibility index (Phi) is 4.31. The lowest BCUT2D eigenvalue weighted by Crippen LogP contribution is -2.23. The molecule has 0 atom stereocenters. The van der Waals surface area contributed by atoms with Crippen molar-refractivity contribution in [3.05, 3.63) is 47.8 Å². The lowest BCUT2D eigenvalue weighted by atomic mass is 10.2. The first-order valence-corrected chi connectivity index (χ1v) is 7.36. The number of H-pyrrole nitrogens is 1. The molecule has 102 valence electrons. The summed E-state index contributed by atoms with van der Waals surface area (Å²) in [6, 6.07) is 6.73. The largest absolute Gasteiger partial charge is 0.330 e. The third-order valence-electron chi connectivity index (χ3n) is 2.69. The Balaban J connectivity index is 2.06. The van der Waals surface area contributed by atoms with Crippen LogP contribution >= 0.6 is 0 Å². The second-order valence-corrected chi connectivity index (χ2v) is 5.88. The molecule has 2 aromatic rings. The Hall–Kier alpha value is -1.70. The van der Waals surface area contributed by atoms with Gasteiger partial charge < -0.3 is 5.73 Å². The molecule has 2 rings (SSSR count). The summed E-state index contributed by atoms with van der Waals surface area (Å²) in [5.74, 6) is 0. The van der Waals surface area contributed by atoms with E-state index in [1.54, 1.807) is 36.7 Å². The van der Waals surface area contributed by atoms with Gasteiger partial charge in [-0.1, -0.05) is 12.1 Å². The van der Waals surface area contributed by atoms with Gasteiger partial charge in [-0.25, -0.2) is 13.1 Å². The summed E-state index contributed by atoms with van der Waals surface area (Å²) in [4.78, 5) is 0.247. The van der Waals surface area contributed by atoms with Crippen LogP contribution in [0.1, 0.15) is 11.1 Å². The van der Waals surface area contributed by atoms with Crippen LogP contribution in [0.5, 0.6) is 0 Å². The van der Waals surface area contributed by atoms with Crippen molar-refractivity contribution in [1.82, 2.24) is 14.9 Å². The Bertz CT molecular complexity index is 606. The number of nitrogens with two attached hydrogens (primary N) is 1. The number of aromatic nitrogens is 2. The molecule has 0 aliphatic heterocycles. The first kappa shape index (κ1) is 13.7. The summed E-state index contributed by atoms with van der Waals surface area (Å²) >= 11 is 0. The first-order valence-electron chi connectivity index (χ1n) is 5.88. The summed E-state index contributed by atoms with van der Waals surface area (Å²) in [5, 5.41) is 6.39. The third kappa shape index (κ3) is 3.63. The van der Waals surface area contributed by atoms with Crippen molar-refractivity contribution in [3.8, 4) is 0 Å². The van der Waals surface area contributed by atoms with Crippen LogP contribution in [0.15, 0.2) is 41.6 Å². The highest BCUT2D eigenvalue weighted by atomic mass is 32.2. The van der Waals surface area contributed by atoms with Gasteiger partial charge >= 0.3 is 0 Å². The van der Waals surface area contributed by atoms with Gasteiger partial charge in [-0.15, -0.1) is 0 Å². The molecule has 0 radical (unpaired) electrons. The highest BCUT2D eigenvalue weighted by molar-refractivity contribution is 7.89. The maximum absolute atomic E-state index is 12.0. The minimum absolute atomic E-state index is 0.212. The molecule has 19 heavy (non-hydrogen) atoms. The number of sulfonamides is 1. The summed E-state index contributed by atoms with van der Waals surface area (Å²) < 4.78 is 26.6. The van der Waals surface area contributed by atoms with Gasteiger partial charge in [0.15, 0.2) is 0 Å². The monoisotopic (exact) mass is 280 g/mol. The normalized spacial score (nSPS) is 11.6. The van der Waals surface area contributed by atoms with Crippen LogP contribution in [-0.2, 0) is 23.0 Å². The van der Waals surface area contributed by atoms with E-state index in [-0.39, 0.29) is 11.4 Å². The summed E-state index contributed by atoms with van der Waals surface area (Å²) in [7, 11) is -3.49. The van der Waals surface area contributed by atoms with Crippen molar-refractivity contribution < 1.29 is 8.42 Å². The topological polar surface area (TPSA) is 101 Å². The fourth-order valence-electron chi connectivity index (χ4n) is 1.64. The molecule has 0 aliphatic carbocycles. The SMILES string of the molecule is NCCc1ccc(S(=O)(=O)NCc2cn[nH]c2)cc1. The van der Waals surface area contributed by atoms with E-state index >= 15 is 0 Å². The number of aromatic amines is 1. The maximum Gasteiger partial charge on any atom is 0.240 e. The molecule has 0 bridgehead atoms. The van der Waals surface area contributed by atoms with E-state index in [1.165, 1.54) is 0 Å². The van der Waals surface area contributed by atoms with E-state index in [0.717, 1.165) is 17.5 Å². The third-order valence-corrected chi connectivity index (χ3v) is 4.10. The predicted molar refractivity (Wildman–Crippen MR) is 71.8 cm³/mol. The first-order chi connectivity index (χ1) is 9.12. The summed E-state index contributed by atoms with van der Waals surface area (Å²) in [6.07, 6.45) is 3.96. The Morgan fingerprint density at radius 3 is 2.53 bits per heavy atom. The average Bonchev–Trinajstić information content (AvgIpc) is 2.91. The van der Waals surface area contributed by atoms with Crippen molar-refractivity contribution in [3.63, 3.8) is 0 Å². The molecule has 1 heterocycles. The quantitative estimate of drug-likeness (QED) is 0.712. The molecular formula is C12H16N4O2S. The second kappa shape index (κ2) is 5.96. The van der Waals surface area contributed by atoms with Gasteiger partial charge in [0.05, 0.1) is 11.1 Å². The van der Waals surface area contributed by atoms with E-state index in [1.807, 2.05) is 0 Å². The highest BCUT2D eigenvalue weighted by Crippen LogP contribution is 2.11. The molecule has 1 aromatic carbocycles. The molecule has 7 heteroatoms. The standard InChI is InChI=1S/C12H16N4O2S/c13-6-5-10-1-3-12(4-2-10)19(17,18)16-9-11-7-14-15-8-11/h1-4,7-8,16H,5-6,9,13H2,(H,14,15). The molecule has 0 fully saturated rings. The van der Waals surface area contributed by atoms with Crippen LogP contribution in [0.25, 0.3) is 0 Å². The smallest absolute Gasteiger partial charge is 0.240 e. The minimum Gasteiger partial charge on any atom is -0.330 e. The van der Waals surface area contributed by atoms with Crippen molar-refractivity contribution in [2.75, 3.05) is 6.54 Å². The molecule has 4 N–H and O–H groups in total. The number of nitrogens with zero attached hydrogens (tertiary/aromatic N) is 1. The fourth-order valence-corrected chi connectivity index (χ4v) is 2.66. The van der Waals surface area contributed by atoms with Crippen molar-refractivity contribution in [1.29, 1.82) is 0 Å². The van der Waals surface area contributed by atoms with E-state index in [2.05, 4.69) is 14.9 Å². The van der Waals surface area contributed by atoms with Crippen molar-refractivity contribution in [2.45, 2.75) is 17.9 Å². The molecular weight excluding hydrogens is 264 g/mol. The van der Waals surface area contributed by atoms with Crippen molar-refractivity contribution in [2.24, 2.45) is 5.73 Å². The highest BCUT2D eigenvalue weighted by Gasteiger charge is 2.13. The number of hydrogen-bond acceptors (Lipinski definition) is 4. The van der Waals surface area contributed by atoms with Gasteiger partial charge in [-0.3, -0.25) is 5.10 Å². The van der Waals surface area contributed by atoms with Gasteiger partial charge in [0.25, 0.3) is 0 Å². The van der Waals surface area contributed by atoms with E-state index in [0.29, 0.717) is 6.54 Å². The van der Waals surface area contributed by atoms with Crippen molar-refractivity contribution >= 4 is 10.0 Å². The molecule has 0 aliphatic rings. The lowest BCUT2D eigenvalue weighted by molar-refractivity contribution is 0.581. The Morgan fingerprint density at radius 1 is 1.21 bits per heavy atom. The molecule has 6 nitrogen and oxygen atoms in total. The van der Waals surface area contributed by atoms with Crippen LogP contribution in [-0.4, -0.2) is 25.2 Å². The zero-order valence-corrected chi connectivity index (χ0v) is 11.2. The van der Waals surface area contributed by atoms with Gasteiger partial charge in [0, 0.05) is 18.3 Å². The number of benzene rings is 1. The van der Waals surface area contributed by atoms with Gasteiger partial charge in [-0.05, 0) is 30.7 Å². The van der Waals surface area contributed by atoms with Crippen LogP contribution in [0, 0.1) is 0 Å². The maximum atomic E-state index is 12.0. The van der Waals surface area contributed by atoms with Crippen LogP contribution in [0.2, 0.25) is 0 Å². The van der Waals surface area contributed by atoms with E-state index in [4.69, 9.17) is 5.73 Å². The van der Waals surface area contributed by atoms with Gasteiger partial charge in [-0.2, -0.15) is 5.10 Å². The average molecular weight is 280 g/mol. The van der Waals surface area contributed by atoms with E-state index < -0.39 is 10.0 Å². The number of nitrogens with one attached hydrogen (secondary N) is 2. The number of hydrogen-bond donors (Lipinski definition) is 3. The molecule has 0 unspecified atom stereocenters. The van der Waals surface area contributed by atoms with Gasteiger partial charge in [0.2, 0.25) is 10.0 Å². The Morgan fingerprint density at radius 2 is 1.95 bits per heavy atom. The molecule has 0 spiro atoms. The predicted octanol–water partition coefficient (Wildman–Crippen LogP) is 0.389. The Labute approximate surface area is 112 Å². The van der Waals surface area contributed by atoms with E-state index in [9.17, 15) is 8.42 Å². The fraction of sp³-hybridized carbons (Fsp3) is 0.250. The van der Waals surface area contributed by atoms with Crippen LogP contribution in [0.4, 0.5) is 0 Å². The molecule has 0 amide bonds. The van der Waals surface area contributed by atoms with Gasteiger partial charge in [0.1, 0.15) is 0 Å². The minimum atomic E-state index is -3.49. The lowest BCUT2D eigenvalue weighted by Gasteiger charge is -2.06. The van der Waals surface area contributed by atoms with Crippen LogP contribution < -0.4 is 10.5 Å². The zero-order chi connectivity index (χ0) is 13.7. The molecule has 1 aromatic heterocycles. The second-order valence-electron chi connectivity index (χ2n) is 4.11. The molecule has 0 saturated carbocycles. The van der Waals surface area contributed by atoms with Crippen LogP contribution in [0.3, 0.4) is 0 Å². The summed E-state index contributed by atoms with van der Waals surface area (Å²) in [5.41, 5.74) is 7.25. The number of rotatable bonds is 6. The summed E-state index contributed by atoms with van der Waals surface area (Å²) in [6.45, 7) is 0.758.